The van der Waals surface area contributed by atoms with Gasteiger partial charge < -0.3 is 0 Å². The van der Waals surface area contributed by atoms with E-state index in [2.05, 4.69) is 19.7 Å². The molecule has 0 unspecified atom stereocenters. The number of hydrogen-bond donors (Lipinski definition) is 1. The molecule has 0 aliphatic heterocycles. The maximum absolute atomic E-state index is 11.4. The first kappa shape index (κ1) is 11.5. The van der Waals surface area contributed by atoms with Crippen LogP contribution in [0, 0.1) is 0 Å². The van der Waals surface area contributed by atoms with E-state index >= 15 is 0 Å². The highest BCUT2D eigenvalue weighted by atomic mass is 32.2. The number of nitrogens with one attached hydrogen (secondary N) is 1. The van der Waals surface area contributed by atoms with E-state index in [0.29, 0.717) is 5.82 Å². The number of nitrogens with zero attached hydrogens (tertiary/aromatic N) is 4. The molecule has 0 aliphatic rings. The van der Waals surface area contributed by atoms with Crippen molar-refractivity contribution in [3.8, 4) is 5.82 Å². The fourth-order valence-electron chi connectivity index (χ4n) is 1.17. The summed E-state index contributed by atoms with van der Waals surface area (Å²) in [5.74, 6) is 0.786. The first-order chi connectivity index (χ1) is 8.11. The Kier molecular flexibility index (Phi) is 3.05. The normalized spacial score (nSPS) is 11.4. The van der Waals surface area contributed by atoms with E-state index in [1.54, 1.807) is 30.2 Å². The number of imidazole rings is 1. The van der Waals surface area contributed by atoms with Crippen LogP contribution in [0.15, 0.2) is 31.1 Å². The molecule has 2 aromatic rings. The van der Waals surface area contributed by atoms with Crippen LogP contribution in [0.25, 0.3) is 5.82 Å². The quantitative estimate of drug-likeness (QED) is 0.853. The Hall–Kier alpha value is -1.96. The predicted molar refractivity (Wildman–Crippen MR) is 62.2 cm³/mol. The Balaban J connectivity index is 2.30. The van der Waals surface area contributed by atoms with Gasteiger partial charge >= 0.3 is 0 Å². The average molecular weight is 253 g/mol. The SMILES string of the molecule is CCS(=O)(=O)Nc1cc(-n2ccnc2)ncn1. The molecule has 1 N–H and O–H groups in total. The maximum Gasteiger partial charge on any atom is 0.233 e. The van der Waals surface area contributed by atoms with Crippen LogP contribution in [0.5, 0.6) is 0 Å². The lowest BCUT2D eigenvalue weighted by Gasteiger charge is -2.06. The first-order valence-electron chi connectivity index (χ1n) is 4.91. The molecule has 0 saturated carbocycles. The molecule has 0 aromatic carbocycles. The van der Waals surface area contributed by atoms with Crippen molar-refractivity contribution in [2.24, 2.45) is 0 Å². The highest BCUT2D eigenvalue weighted by Gasteiger charge is 2.08. The Morgan fingerprint density at radius 3 is 2.88 bits per heavy atom. The van der Waals surface area contributed by atoms with Crippen LogP contribution in [-0.4, -0.2) is 33.7 Å². The van der Waals surface area contributed by atoms with Crippen LogP contribution in [-0.2, 0) is 10.0 Å². The van der Waals surface area contributed by atoms with Crippen molar-refractivity contribution in [2.45, 2.75) is 6.92 Å². The van der Waals surface area contributed by atoms with Gasteiger partial charge in [-0.3, -0.25) is 9.29 Å². The molecule has 2 heterocycles. The van der Waals surface area contributed by atoms with Crippen molar-refractivity contribution in [3.05, 3.63) is 31.1 Å². The Morgan fingerprint density at radius 1 is 1.41 bits per heavy atom. The molecule has 0 atom stereocenters. The summed E-state index contributed by atoms with van der Waals surface area (Å²) in [6, 6.07) is 1.54. The lowest BCUT2D eigenvalue weighted by atomic mass is 10.5. The summed E-state index contributed by atoms with van der Waals surface area (Å²) in [6.07, 6.45) is 6.18. The van der Waals surface area contributed by atoms with E-state index in [1.165, 1.54) is 12.4 Å². The Bertz CT molecular complexity index is 594. The van der Waals surface area contributed by atoms with Gasteiger partial charge in [0.05, 0.1) is 5.75 Å². The highest BCUT2D eigenvalue weighted by molar-refractivity contribution is 7.92. The molecule has 0 fully saturated rings. The van der Waals surface area contributed by atoms with Crippen LogP contribution >= 0.6 is 0 Å². The van der Waals surface area contributed by atoms with Crippen molar-refractivity contribution in [1.82, 2.24) is 19.5 Å². The third-order valence-corrected chi connectivity index (χ3v) is 3.34. The monoisotopic (exact) mass is 253 g/mol. The van der Waals surface area contributed by atoms with Gasteiger partial charge in [0.2, 0.25) is 10.0 Å². The Morgan fingerprint density at radius 2 is 2.24 bits per heavy atom. The maximum atomic E-state index is 11.4. The second kappa shape index (κ2) is 4.50. The fraction of sp³-hybridized carbons (Fsp3) is 0.222. The van der Waals surface area contributed by atoms with Gasteiger partial charge in [0.15, 0.2) is 0 Å². The summed E-state index contributed by atoms with van der Waals surface area (Å²) in [7, 11) is -3.32. The lowest BCUT2D eigenvalue weighted by molar-refractivity contribution is 0.602. The molecule has 0 aliphatic carbocycles. The molecular weight excluding hydrogens is 242 g/mol. The summed E-state index contributed by atoms with van der Waals surface area (Å²) in [4.78, 5) is 11.7. The molecule has 7 nitrogen and oxygen atoms in total. The van der Waals surface area contributed by atoms with Crippen molar-refractivity contribution in [3.63, 3.8) is 0 Å². The molecular formula is C9H11N5O2S. The van der Waals surface area contributed by atoms with Crippen LogP contribution < -0.4 is 4.72 Å². The van der Waals surface area contributed by atoms with Gasteiger partial charge in [-0.1, -0.05) is 0 Å². The van der Waals surface area contributed by atoms with Crippen LogP contribution in [0.4, 0.5) is 5.82 Å². The standard InChI is InChI=1S/C9H11N5O2S/c1-2-17(15,16)13-8-5-9(12-6-11-8)14-4-3-10-7-14/h3-7H,2H2,1H3,(H,11,12,13). The molecule has 0 amide bonds. The van der Waals surface area contributed by atoms with Gasteiger partial charge in [-0.15, -0.1) is 0 Å². The molecule has 0 radical (unpaired) electrons. The second-order valence-electron chi connectivity index (χ2n) is 3.24. The fourth-order valence-corrected chi connectivity index (χ4v) is 1.74. The third-order valence-electron chi connectivity index (χ3n) is 2.06. The summed E-state index contributed by atoms with van der Waals surface area (Å²) in [5, 5.41) is 0. The van der Waals surface area contributed by atoms with E-state index in [9.17, 15) is 8.42 Å². The lowest BCUT2D eigenvalue weighted by Crippen LogP contribution is -2.15. The first-order valence-corrected chi connectivity index (χ1v) is 6.57. The van der Waals surface area contributed by atoms with Gasteiger partial charge in [0.1, 0.15) is 24.3 Å². The zero-order chi connectivity index (χ0) is 12.3. The van der Waals surface area contributed by atoms with Gasteiger partial charge in [0.25, 0.3) is 0 Å². The van der Waals surface area contributed by atoms with Gasteiger partial charge in [0, 0.05) is 18.5 Å². The second-order valence-corrected chi connectivity index (χ2v) is 5.25. The minimum Gasteiger partial charge on any atom is -0.290 e. The zero-order valence-electron chi connectivity index (χ0n) is 9.11. The van der Waals surface area contributed by atoms with Crippen LogP contribution in [0.2, 0.25) is 0 Å². The van der Waals surface area contributed by atoms with Crippen LogP contribution in [0.1, 0.15) is 6.92 Å². The minimum atomic E-state index is -3.32. The number of rotatable bonds is 4. The summed E-state index contributed by atoms with van der Waals surface area (Å²) in [5.41, 5.74) is 0. The molecule has 8 heteroatoms. The van der Waals surface area contributed by atoms with Gasteiger partial charge in [-0.2, -0.15) is 0 Å². The van der Waals surface area contributed by atoms with Crippen molar-refractivity contribution in [1.29, 1.82) is 0 Å². The van der Waals surface area contributed by atoms with Crippen molar-refractivity contribution < 1.29 is 8.42 Å². The van der Waals surface area contributed by atoms with E-state index in [4.69, 9.17) is 0 Å². The van der Waals surface area contributed by atoms with Gasteiger partial charge in [-0.05, 0) is 6.92 Å². The Labute approximate surface area is 98.6 Å². The molecule has 17 heavy (non-hydrogen) atoms. The number of aromatic nitrogens is 4. The molecule has 0 bridgehead atoms. The van der Waals surface area contributed by atoms with Gasteiger partial charge in [-0.25, -0.2) is 23.4 Å². The summed E-state index contributed by atoms with van der Waals surface area (Å²) < 4.78 is 26.8. The number of anilines is 1. The average Bonchev–Trinajstić information content (AvgIpc) is 2.82. The predicted octanol–water partition coefficient (Wildman–Crippen LogP) is 0.424. The largest absolute Gasteiger partial charge is 0.290 e. The number of sulfonamides is 1. The number of hydrogen-bond acceptors (Lipinski definition) is 5. The molecule has 2 aromatic heterocycles. The minimum absolute atomic E-state index is 0.00257. The van der Waals surface area contributed by atoms with E-state index < -0.39 is 10.0 Å². The molecule has 90 valence electrons. The molecule has 0 saturated heterocycles. The van der Waals surface area contributed by atoms with Crippen molar-refractivity contribution >= 4 is 15.8 Å². The third kappa shape index (κ3) is 2.78. The van der Waals surface area contributed by atoms with E-state index in [0.717, 1.165) is 0 Å². The summed E-state index contributed by atoms with van der Waals surface area (Å²) in [6.45, 7) is 1.56. The molecule has 0 spiro atoms. The van der Waals surface area contributed by atoms with Crippen LogP contribution in [0.3, 0.4) is 0 Å². The zero-order valence-corrected chi connectivity index (χ0v) is 9.92. The topological polar surface area (TPSA) is 89.8 Å². The highest BCUT2D eigenvalue weighted by Crippen LogP contribution is 2.09. The summed E-state index contributed by atoms with van der Waals surface area (Å²) >= 11 is 0. The van der Waals surface area contributed by atoms with E-state index in [-0.39, 0.29) is 11.6 Å². The molecule has 2 rings (SSSR count). The van der Waals surface area contributed by atoms with Crippen molar-refractivity contribution in [2.75, 3.05) is 10.5 Å². The smallest absolute Gasteiger partial charge is 0.233 e. The van der Waals surface area contributed by atoms with E-state index in [1.807, 2.05) is 0 Å².